The van der Waals surface area contributed by atoms with Crippen LogP contribution in [-0.2, 0) is 13.2 Å². The SMILES string of the molecule is CCCC(CCC)c1ccc(N(Cc2ccc(-c3csc(COc4cncc(C(=O)O)c4)n3)cc2)C(C)C)cc1. The zero-order valence-corrected chi connectivity index (χ0v) is 24.7. The van der Waals surface area contributed by atoms with Crippen LogP contribution in [0.3, 0.4) is 0 Å². The smallest absolute Gasteiger partial charge is 0.337 e. The van der Waals surface area contributed by atoms with Crippen LogP contribution in [0.4, 0.5) is 5.69 Å². The second-order valence-corrected chi connectivity index (χ2v) is 11.4. The van der Waals surface area contributed by atoms with Gasteiger partial charge >= 0.3 is 5.97 Å². The van der Waals surface area contributed by atoms with Gasteiger partial charge in [-0.2, -0.15) is 0 Å². The number of carboxylic acids is 1. The Balaban J connectivity index is 1.39. The monoisotopic (exact) mass is 557 g/mol. The summed E-state index contributed by atoms with van der Waals surface area (Å²) in [4.78, 5) is 22.2. The fraction of sp³-hybridized carbons (Fsp3) is 0.364. The topological polar surface area (TPSA) is 75.5 Å². The second-order valence-electron chi connectivity index (χ2n) is 10.4. The number of thiazole rings is 1. The summed E-state index contributed by atoms with van der Waals surface area (Å²) in [6.07, 6.45) is 7.74. The minimum absolute atomic E-state index is 0.0954. The van der Waals surface area contributed by atoms with Gasteiger partial charge < -0.3 is 14.7 Å². The molecule has 210 valence electrons. The van der Waals surface area contributed by atoms with Crippen LogP contribution in [0.2, 0.25) is 0 Å². The second kappa shape index (κ2) is 14.1. The molecule has 7 heteroatoms. The van der Waals surface area contributed by atoms with Gasteiger partial charge in [-0.15, -0.1) is 11.3 Å². The number of carboxylic acid groups (broad SMARTS) is 1. The van der Waals surface area contributed by atoms with Crippen LogP contribution in [0.1, 0.15) is 85.8 Å². The molecular weight excluding hydrogens is 518 g/mol. The Morgan fingerprint density at radius 2 is 1.70 bits per heavy atom. The molecule has 0 atom stereocenters. The quantitative estimate of drug-likeness (QED) is 0.167. The van der Waals surface area contributed by atoms with Crippen molar-refractivity contribution in [3.63, 3.8) is 0 Å². The lowest BCUT2D eigenvalue weighted by Gasteiger charge is -2.30. The Morgan fingerprint density at radius 1 is 1.00 bits per heavy atom. The summed E-state index contributed by atoms with van der Waals surface area (Å²) in [5.74, 6) is 0.0319. The van der Waals surface area contributed by atoms with Crippen molar-refractivity contribution in [2.24, 2.45) is 0 Å². The van der Waals surface area contributed by atoms with E-state index in [1.165, 1.54) is 72.3 Å². The van der Waals surface area contributed by atoms with Gasteiger partial charge in [-0.05, 0) is 61.9 Å². The lowest BCUT2D eigenvalue weighted by molar-refractivity contribution is 0.0695. The van der Waals surface area contributed by atoms with E-state index < -0.39 is 5.97 Å². The first-order valence-electron chi connectivity index (χ1n) is 14.1. The van der Waals surface area contributed by atoms with Crippen LogP contribution in [0.25, 0.3) is 11.3 Å². The predicted octanol–water partition coefficient (Wildman–Crippen LogP) is 8.58. The zero-order chi connectivity index (χ0) is 28.5. The summed E-state index contributed by atoms with van der Waals surface area (Å²) in [7, 11) is 0. The van der Waals surface area contributed by atoms with Gasteiger partial charge in [0.05, 0.1) is 17.5 Å². The molecule has 2 aromatic carbocycles. The van der Waals surface area contributed by atoms with E-state index in [0.717, 1.165) is 22.8 Å². The van der Waals surface area contributed by atoms with Crippen LogP contribution in [0, 0.1) is 0 Å². The van der Waals surface area contributed by atoms with Crippen LogP contribution in [0.15, 0.2) is 72.4 Å². The average molecular weight is 558 g/mol. The van der Waals surface area contributed by atoms with Crippen molar-refractivity contribution in [1.29, 1.82) is 0 Å². The molecule has 0 aliphatic carbocycles. The molecule has 0 saturated carbocycles. The molecule has 0 bridgehead atoms. The van der Waals surface area contributed by atoms with Crippen molar-refractivity contribution in [3.05, 3.63) is 94.1 Å². The van der Waals surface area contributed by atoms with E-state index in [1.807, 2.05) is 5.38 Å². The summed E-state index contributed by atoms with van der Waals surface area (Å²) in [6.45, 7) is 10.1. The summed E-state index contributed by atoms with van der Waals surface area (Å²) in [6, 6.07) is 19.7. The van der Waals surface area contributed by atoms with Crippen molar-refractivity contribution in [2.75, 3.05) is 4.90 Å². The summed E-state index contributed by atoms with van der Waals surface area (Å²) >= 11 is 1.52. The van der Waals surface area contributed by atoms with E-state index in [9.17, 15) is 4.79 Å². The van der Waals surface area contributed by atoms with E-state index in [0.29, 0.717) is 17.7 Å². The molecule has 6 nitrogen and oxygen atoms in total. The highest BCUT2D eigenvalue weighted by Gasteiger charge is 2.15. The van der Waals surface area contributed by atoms with E-state index in [1.54, 1.807) is 0 Å². The average Bonchev–Trinajstić information content (AvgIpc) is 3.44. The van der Waals surface area contributed by atoms with Gasteiger partial charge in [0.1, 0.15) is 17.4 Å². The summed E-state index contributed by atoms with van der Waals surface area (Å²) in [5, 5.41) is 12.0. The molecule has 0 amide bonds. The Labute approximate surface area is 241 Å². The molecule has 4 aromatic rings. The van der Waals surface area contributed by atoms with Crippen LogP contribution < -0.4 is 9.64 Å². The zero-order valence-electron chi connectivity index (χ0n) is 23.8. The largest absolute Gasteiger partial charge is 0.485 e. The van der Waals surface area contributed by atoms with E-state index in [4.69, 9.17) is 14.8 Å². The number of anilines is 1. The highest BCUT2D eigenvalue weighted by atomic mass is 32.1. The Kier molecular flexibility index (Phi) is 10.3. The Morgan fingerprint density at radius 3 is 2.33 bits per heavy atom. The number of hydrogen-bond donors (Lipinski definition) is 1. The van der Waals surface area contributed by atoms with Gasteiger partial charge in [0.15, 0.2) is 0 Å². The van der Waals surface area contributed by atoms with Gasteiger partial charge in [0, 0.05) is 35.4 Å². The number of benzene rings is 2. The highest BCUT2D eigenvalue weighted by molar-refractivity contribution is 7.09. The standard InChI is InChI=1S/C33H39N3O3S/c1-5-7-25(8-6-2)26-13-15-29(16-14-26)36(23(3)4)20-24-9-11-27(12-10-24)31-22-40-32(35-31)21-39-30-17-28(33(37)38)18-34-19-30/h9-19,22-23,25H,5-8,20-21H2,1-4H3,(H,37,38). The highest BCUT2D eigenvalue weighted by Crippen LogP contribution is 2.30. The molecule has 0 aliphatic rings. The molecule has 1 N–H and O–H groups in total. The molecule has 0 radical (unpaired) electrons. The third-order valence-electron chi connectivity index (χ3n) is 7.07. The van der Waals surface area contributed by atoms with Crippen LogP contribution in [-0.4, -0.2) is 27.1 Å². The number of aromatic nitrogens is 2. The first-order valence-corrected chi connectivity index (χ1v) is 15.0. The Bertz CT molecular complexity index is 1360. The van der Waals surface area contributed by atoms with Crippen LogP contribution in [0.5, 0.6) is 5.75 Å². The minimum Gasteiger partial charge on any atom is -0.485 e. The van der Waals surface area contributed by atoms with Gasteiger partial charge in [-0.25, -0.2) is 9.78 Å². The molecule has 2 aromatic heterocycles. The number of ether oxygens (including phenoxy) is 1. The molecule has 0 unspecified atom stereocenters. The predicted molar refractivity (Wildman–Crippen MR) is 163 cm³/mol. The fourth-order valence-corrected chi connectivity index (χ4v) is 5.65. The van der Waals surface area contributed by atoms with Gasteiger partial charge in [-0.1, -0.05) is 63.1 Å². The molecular formula is C33H39N3O3S. The van der Waals surface area contributed by atoms with Crippen LogP contribution >= 0.6 is 11.3 Å². The maximum atomic E-state index is 11.1. The lowest BCUT2D eigenvalue weighted by Crippen LogP contribution is -2.30. The molecule has 0 aliphatic heterocycles. The number of nitrogens with zero attached hydrogens (tertiary/aromatic N) is 3. The minimum atomic E-state index is -1.03. The fourth-order valence-electron chi connectivity index (χ4n) is 4.93. The molecule has 0 saturated heterocycles. The van der Waals surface area contributed by atoms with Gasteiger partial charge in [-0.3, -0.25) is 4.98 Å². The molecule has 2 heterocycles. The van der Waals surface area contributed by atoms with E-state index >= 15 is 0 Å². The number of hydrogen-bond acceptors (Lipinski definition) is 6. The maximum Gasteiger partial charge on any atom is 0.337 e. The van der Waals surface area contributed by atoms with Gasteiger partial charge in [0.25, 0.3) is 0 Å². The van der Waals surface area contributed by atoms with Gasteiger partial charge in [0.2, 0.25) is 0 Å². The van der Waals surface area contributed by atoms with E-state index in [-0.39, 0.29) is 12.2 Å². The normalized spacial score (nSPS) is 11.2. The summed E-state index contributed by atoms with van der Waals surface area (Å²) < 4.78 is 5.72. The lowest BCUT2D eigenvalue weighted by atomic mass is 9.90. The van der Waals surface area contributed by atoms with E-state index in [2.05, 4.69) is 86.1 Å². The third-order valence-corrected chi connectivity index (χ3v) is 7.89. The number of pyridine rings is 1. The molecule has 40 heavy (non-hydrogen) atoms. The van der Waals surface area contributed by atoms with Crippen molar-refractivity contribution in [2.45, 2.75) is 78.5 Å². The Hall–Kier alpha value is -3.71. The number of aromatic carboxylic acids is 1. The first kappa shape index (κ1) is 29.3. The summed E-state index contributed by atoms with van der Waals surface area (Å²) in [5.41, 5.74) is 6.01. The maximum absolute atomic E-state index is 11.1. The molecule has 4 rings (SSSR count). The third kappa shape index (κ3) is 7.69. The van der Waals surface area contributed by atoms with Crippen molar-refractivity contribution < 1.29 is 14.6 Å². The molecule has 0 fully saturated rings. The van der Waals surface area contributed by atoms with Crippen molar-refractivity contribution >= 4 is 23.0 Å². The molecule has 0 spiro atoms. The first-order chi connectivity index (χ1) is 19.4. The van der Waals surface area contributed by atoms with Crippen molar-refractivity contribution in [1.82, 2.24) is 9.97 Å². The van der Waals surface area contributed by atoms with Crippen molar-refractivity contribution in [3.8, 4) is 17.0 Å². The number of carbonyl (C=O) groups is 1. The number of rotatable bonds is 14.